The summed E-state index contributed by atoms with van der Waals surface area (Å²) in [6.07, 6.45) is 8.88. The summed E-state index contributed by atoms with van der Waals surface area (Å²) in [6, 6.07) is 0. The second-order valence-electron chi connectivity index (χ2n) is 6.55. The van der Waals surface area contributed by atoms with Crippen molar-refractivity contribution in [1.29, 1.82) is 0 Å². The van der Waals surface area contributed by atoms with Crippen molar-refractivity contribution in [2.75, 3.05) is 0 Å². The van der Waals surface area contributed by atoms with Gasteiger partial charge < -0.3 is 4.79 Å². The molecule has 2 unspecified atom stereocenters. The molecular weight excluding hydrogens is 196 g/mol. The van der Waals surface area contributed by atoms with Crippen LogP contribution in [-0.2, 0) is 4.79 Å². The van der Waals surface area contributed by atoms with E-state index in [1.807, 2.05) is 0 Å². The second kappa shape index (κ2) is 4.50. The summed E-state index contributed by atoms with van der Waals surface area (Å²) in [6.45, 7) is 7.23. The van der Waals surface area contributed by atoms with E-state index in [2.05, 4.69) is 20.8 Å². The molecule has 1 heteroatoms. The maximum atomic E-state index is 10.7. The minimum atomic E-state index is 0.542. The van der Waals surface area contributed by atoms with Gasteiger partial charge in [0, 0.05) is 6.42 Å². The van der Waals surface area contributed by atoms with E-state index in [4.69, 9.17) is 0 Å². The summed E-state index contributed by atoms with van der Waals surface area (Å²) < 4.78 is 0. The number of carbonyl (C=O) groups excluding carboxylic acids is 1. The van der Waals surface area contributed by atoms with E-state index in [0.29, 0.717) is 11.3 Å². The Balaban J connectivity index is 2.14. The average Bonchev–Trinajstić information content (AvgIpc) is 2.57. The summed E-state index contributed by atoms with van der Waals surface area (Å²) in [4.78, 5) is 10.7. The maximum absolute atomic E-state index is 10.7. The molecule has 2 aliphatic rings. The van der Waals surface area contributed by atoms with E-state index >= 15 is 0 Å². The number of hydrogen-bond donors (Lipinski definition) is 0. The van der Waals surface area contributed by atoms with Gasteiger partial charge in [-0.05, 0) is 48.3 Å². The van der Waals surface area contributed by atoms with Crippen molar-refractivity contribution >= 4 is 6.29 Å². The van der Waals surface area contributed by atoms with E-state index in [1.165, 1.54) is 32.1 Å². The van der Waals surface area contributed by atoms with Crippen LogP contribution in [-0.4, -0.2) is 6.29 Å². The quantitative estimate of drug-likeness (QED) is 0.658. The van der Waals surface area contributed by atoms with Crippen molar-refractivity contribution in [2.24, 2.45) is 29.1 Å². The van der Waals surface area contributed by atoms with Crippen molar-refractivity contribution in [3.63, 3.8) is 0 Å². The lowest BCUT2D eigenvalue weighted by molar-refractivity contribution is -0.109. The molecule has 0 aromatic carbocycles. The fraction of sp³-hybridized carbons (Fsp3) is 0.933. The van der Waals surface area contributed by atoms with Gasteiger partial charge in [-0.25, -0.2) is 0 Å². The van der Waals surface area contributed by atoms with Gasteiger partial charge in [-0.15, -0.1) is 0 Å². The predicted molar refractivity (Wildman–Crippen MR) is 67.2 cm³/mol. The van der Waals surface area contributed by atoms with Gasteiger partial charge in [-0.3, -0.25) is 0 Å². The first-order chi connectivity index (χ1) is 7.59. The van der Waals surface area contributed by atoms with Crippen LogP contribution in [0.3, 0.4) is 0 Å². The van der Waals surface area contributed by atoms with Crippen molar-refractivity contribution in [3.8, 4) is 0 Å². The summed E-state index contributed by atoms with van der Waals surface area (Å²) in [5, 5.41) is 0. The highest BCUT2D eigenvalue weighted by Gasteiger charge is 2.51. The van der Waals surface area contributed by atoms with E-state index in [0.717, 1.165) is 30.5 Å². The van der Waals surface area contributed by atoms with Crippen LogP contribution in [0.4, 0.5) is 0 Å². The predicted octanol–water partition coefficient (Wildman–Crippen LogP) is 4.06. The van der Waals surface area contributed by atoms with Crippen LogP contribution in [0.5, 0.6) is 0 Å². The Labute approximate surface area is 100.0 Å². The third kappa shape index (κ3) is 1.83. The molecule has 2 aliphatic carbocycles. The first-order valence-corrected chi connectivity index (χ1v) is 7.03. The lowest BCUT2D eigenvalue weighted by atomic mass is 9.59. The Morgan fingerprint density at radius 1 is 1.38 bits per heavy atom. The number of aldehydes is 1. The van der Waals surface area contributed by atoms with Crippen LogP contribution in [0.15, 0.2) is 0 Å². The van der Waals surface area contributed by atoms with Gasteiger partial charge in [0.05, 0.1) is 0 Å². The Kier molecular flexibility index (Phi) is 3.42. The molecule has 0 radical (unpaired) electrons. The van der Waals surface area contributed by atoms with E-state index in [-0.39, 0.29) is 0 Å². The summed E-state index contributed by atoms with van der Waals surface area (Å²) >= 11 is 0. The molecule has 0 spiro atoms. The zero-order valence-corrected chi connectivity index (χ0v) is 11.0. The second-order valence-corrected chi connectivity index (χ2v) is 6.55. The maximum Gasteiger partial charge on any atom is 0.120 e. The minimum absolute atomic E-state index is 0.542. The zero-order valence-electron chi connectivity index (χ0n) is 11.0. The average molecular weight is 222 g/mol. The highest BCUT2D eigenvalue weighted by Crippen LogP contribution is 2.59. The van der Waals surface area contributed by atoms with Crippen LogP contribution < -0.4 is 0 Å². The lowest BCUT2D eigenvalue weighted by Crippen LogP contribution is -2.38. The number of hydrogen-bond acceptors (Lipinski definition) is 1. The highest BCUT2D eigenvalue weighted by atomic mass is 16.1. The topological polar surface area (TPSA) is 17.1 Å². The number of rotatable bonds is 3. The van der Waals surface area contributed by atoms with Crippen LogP contribution in [0.1, 0.15) is 59.3 Å². The molecule has 92 valence electrons. The number of carbonyl (C=O) groups is 1. The molecule has 0 saturated heterocycles. The van der Waals surface area contributed by atoms with E-state index < -0.39 is 0 Å². The molecule has 0 aromatic rings. The summed E-state index contributed by atoms with van der Waals surface area (Å²) in [5.41, 5.74) is 0.542. The van der Waals surface area contributed by atoms with Gasteiger partial charge >= 0.3 is 0 Å². The summed E-state index contributed by atoms with van der Waals surface area (Å²) in [7, 11) is 0. The van der Waals surface area contributed by atoms with Gasteiger partial charge in [-0.2, -0.15) is 0 Å². The van der Waals surface area contributed by atoms with Gasteiger partial charge in [0.15, 0.2) is 0 Å². The molecule has 0 N–H and O–H groups in total. The van der Waals surface area contributed by atoms with Crippen molar-refractivity contribution in [3.05, 3.63) is 0 Å². The summed E-state index contributed by atoms with van der Waals surface area (Å²) in [5.74, 6) is 3.23. The molecule has 0 heterocycles. The first kappa shape index (κ1) is 12.1. The van der Waals surface area contributed by atoms with E-state index in [1.54, 1.807) is 0 Å². The Bertz CT molecular complexity index is 260. The number of fused-ring (bicyclic) bond motifs is 1. The molecular formula is C15H26O. The molecule has 0 amide bonds. The van der Waals surface area contributed by atoms with Gasteiger partial charge in [0.1, 0.15) is 6.29 Å². The molecule has 2 rings (SSSR count). The highest BCUT2D eigenvalue weighted by molar-refractivity contribution is 5.49. The fourth-order valence-electron chi connectivity index (χ4n) is 4.86. The lowest BCUT2D eigenvalue weighted by Gasteiger charge is -2.45. The van der Waals surface area contributed by atoms with Crippen molar-refractivity contribution in [1.82, 2.24) is 0 Å². The molecule has 2 saturated carbocycles. The van der Waals surface area contributed by atoms with Crippen molar-refractivity contribution in [2.45, 2.75) is 59.3 Å². The molecule has 16 heavy (non-hydrogen) atoms. The largest absolute Gasteiger partial charge is 0.303 e. The zero-order chi connectivity index (χ0) is 11.8. The monoisotopic (exact) mass is 222 g/mol. The van der Waals surface area contributed by atoms with Gasteiger partial charge in [0.2, 0.25) is 0 Å². The van der Waals surface area contributed by atoms with Crippen LogP contribution >= 0.6 is 0 Å². The Morgan fingerprint density at radius 3 is 2.81 bits per heavy atom. The third-order valence-corrected chi connectivity index (χ3v) is 5.70. The van der Waals surface area contributed by atoms with Crippen molar-refractivity contribution < 1.29 is 4.79 Å². The molecule has 0 aromatic heterocycles. The normalized spacial score (nSPS) is 45.1. The SMILES string of the molecule is CC(CC=O)[C@H]1CCC2[C@@H](C)CCC[C@@]21C. The van der Waals surface area contributed by atoms with Crippen LogP contribution in [0.2, 0.25) is 0 Å². The van der Waals surface area contributed by atoms with Gasteiger partial charge in [0.25, 0.3) is 0 Å². The smallest absolute Gasteiger partial charge is 0.120 e. The molecule has 0 aliphatic heterocycles. The molecule has 1 nitrogen and oxygen atoms in total. The Morgan fingerprint density at radius 2 is 2.12 bits per heavy atom. The molecule has 5 atom stereocenters. The molecule has 2 fully saturated rings. The van der Waals surface area contributed by atoms with Crippen LogP contribution in [0.25, 0.3) is 0 Å². The fourth-order valence-corrected chi connectivity index (χ4v) is 4.86. The standard InChI is InChI=1S/C15H26O/c1-11-5-4-9-15(3)13(11)6-7-14(15)12(2)8-10-16/h10-14H,4-9H2,1-3H3/t11-,12?,13?,14+,15-/m0/s1. The Hall–Kier alpha value is -0.330. The molecule has 0 bridgehead atoms. The van der Waals surface area contributed by atoms with Crippen LogP contribution in [0, 0.1) is 29.1 Å². The van der Waals surface area contributed by atoms with Gasteiger partial charge in [-0.1, -0.05) is 33.6 Å². The minimum Gasteiger partial charge on any atom is -0.303 e. The van der Waals surface area contributed by atoms with E-state index in [9.17, 15) is 4.79 Å². The first-order valence-electron chi connectivity index (χ1n) is 7.03. The third-order valence-electron chi connectivity index (χ3n) is 5.70.